The number of carboxylic acids is 2. The number of carboxylic acid groups (broad SMARTS) is 2. The summed E-state index contributed by atoms with van der Waals surface area (Å²) in [6.45, 7) is 9.65. The molecular formula is C32H58O8Sn. The van der Waals surface area contributed by atoms with Gasteiger partial charge in [0.25, 0.3) is 0 Å². The van der Waals surface area contributed by atoms with E-state index in [0.29, 0.717) is 13.2 Å². The summed E-state index contributed by atoms with van der Waals surface area (Å²) >= 11 is 0.149. The molecule has 0 aromatic carbocycles. The van der Waals surface area contributed by atoms with E-state index in [-0.39, 0.29) is 21.1 Å². The van der Waals surface area contributed by atoms with Gasteiger partial charge in [0.2, 0.25) is 0 Å². The van der Waals surface area contributed by atoms with E-state index < -0.39 is 23.9 Å². The first-order valence-corrected chi connectivity index (χ1v) is 19.6. The maximum absolute atomic E-state index is 10.9. The molecule has 0 rings (SSSR count). The molecule has 41 heavy (non-hydrogen) atoms. The first kappa shape index (κ1) is 43.6. The average molecular weight is 690 g/mol. The molecule has 0 spiro atoms. The van der Waals surface area contributed by atoms with Crippen LogP contribution in [0.2, 0.25) is 8.87 Å². The van der Waals surface area contributed by atoms with E-state index in [9.17, 15) is 19.2 Å². The number of ether oxygens (including phenoxy) is 2. The number of rotatable bonds is 24. The van der Waals surface area contributed by atoms with Gasteiger partial charge in [0.15, 0.2) is 0 Å². The SMILES string of the molecule is CCCCCCCCOC(=O)/C=C\C(=O)O.CCCCCCCCOC(=O)/C=C\C(=O)O.CCC[CH2][Sn][CH2]CCC. The van der Waals surface area contributed by atoms with E-state index in [1.807, 2.05) is 0 Å². The van der Waals surface area contributed by atoms with Crippen LogP contribution in [-0.2, 0) is 28.7 Å². The van der Waals surface area contributed by atoms with Crippen LogP contribution in [0, 0.1) is 0 Å². The van der Waals surface area contributed by atoms with E-state index in [1.165, 1.54) is 64.2 Å². The van der Waals surface area contributed by atoms with E-state index in [2.05, 4.69) is 27.7 Å². The Bertz CT molecular complexity index is 621. The minimum absolute atomic E-state index is 0.149. The molecule has 0 amide bonds. The van der Waals surface area contributed by atoms with Gasteiger partial charge in [-0.05, 0) is 12.8 Å². The third kappa shape index (κ3) is 48.2. The number of aliphatic carboxylic acids is 2. The molecular weight excluding hydrogens is 631 g/mol. The molecule has 2 radical (unpaired) electrons. The molecule has 2 N–H and O–H groups in total. The van der Waals surface area contributed by atoms with Gasteiger partial charge < -0.3 is 19.7 Å². The van der Waals surface area contributed by atoms with Crippen LogP contribution in [0.25, 0.3) is 0 Å². The molecule has 0 saturated heterocycles. The fourth-order valence-electron chi connectivity index (χ4n) is 3.21. The molecule has 0 unspecified atom stereocenters. The van der Waals surface area contributed by atoms with Gasteiger partial charge in [0, 0.05) is 24.3 Å². The van der Waals surface area contributed by atoms with Crippen molar-refractivity contribution in [3.8, 4) is 0 Å². The topological polar surface area (TPSA) is 127 Å². The summed E-state index contributed by atoms with van der Waals surface area (Å²) in [5, 5.41) is 16.5. The van der Waals surface area contributed by atoms with E-state index >= 15 is 0 Å². The standard InChI is InChI=1S/2C12H20O4.2C4H9.Sn/c2*1-2-3-4-5-6-7-10-16-12(15)9-8-11(13)14;2*1-3-4-2;/h2*8-9H,2-7,10H2,1H3,(H,13,14);2*1,3-4H2,2H3;/b2*9-8-;;;. The monoisotopic (exact) mass is 690 g/mol. The van der Waals surface area contributed by atoms with Crippen molar-refractivity contribution in [2.24, 2.45) is 0 Å². The van der Waals surface area contributed by atoms with Gasteiger partial charge in [0.05, 0.1) is 13.2 Å². The van der Waals surface area contributed by atoms with Crippen molar-refractivity contribution in [1.82, 2.24) is 0 Å². The predicted octanol–water partition coefficient (Wildman–Crippen LogP) is 8.19. The molecule has 0 fully saturated rings. The zero-order valence-electron chi connectivity index (χ0n) is 26.3. The summed E-state index contributed by atoms with van der Waals surface area (Å²) in [4.78, 5) is 42.0. The zero-order chi connectivity index (χ0) is 31.4. The zero-order valence-corrected chi connectivity index (χ0v) is 29.1. The second-order valence-electron chi connectivity index (χ2n) is 9.67. The molecule has 0 aliphatic heterocycles. The van der Waals surface area contributed by atoms with Gasteiger partial charge in [-0.1, -0.05) is 78.1 Å². The second-order valence-corrected chi connectivity index (χ2v) is 14.0. The number of carbonyl (C=O) groups is 4. The molecule has 8 nitrogen and oxygen atoms in total. The third-order valence-electron chi connectivity index (χ3n) is 5.62. The second kappa shape index (κ2) is 38.2. The van der Waals surface area contributed by atoms with Crippen molar-refractivity contribution in [1.29, 1.82) is 0 Å². The first-order chi connectivity index (χ1) is 19.7. The summed E-state index contributed by atoms with van der Waals surface area (Å²) in [5.74, 6) is -3.46. The molecule has 0 aliphatic rings. The van der Waals surface area contributed by atoms with Gasteiger partial charge in [-0.15, -0.1) is 0 Å². The quantitative estimate of drug-likeness (QED) is 0.0450. The Kier molecular flexibility index (Phi) is 40.6. The predicted molar refractivity (Wildman–Crippen MR) is 167 cm³/mol. The number of hydrogen-bond donors (Lipinski definition) is 2. The molecule has 0 aromatic heterocycles. The Balaban J connectivity index is -0.000000551. The van der Waals surface area contributed by atoms with Crippen molar-refractivity contribution < 1.29 is 38.9 Å². The Hall–Kier alpha value is -1.84. The van der Waals surface area contributed by atoms with Crippen LogP contribution >= 0.6 is 0 Å². The van der Waals surface area contributed by atoms with Gasteiger partial charge in [-0.25, -0.2) is 19.2 Å². The van der Waals surface area contributed by atoms with Crippen LogP contribution in [-0.4, -0.2) is 68.4 Å². The summed E-state index contributed by atoms with van der Waals surface area (Å²) < 4.78 is 12.9. The number of carbonyl (C=O) groups excluding carboxylic acids is 2. The summed E-state index contributed by atoms with van der Waals surface area (Å²) in [6.07, 6.45) is 22.8. The van der Waals surface area contributed by atoms with Gasteiger partial charge in [0.1, 0.15) is 0 Å². The first-order valence-electron chi connectivity index (χ1n) is 15.6. The summed E-state index contributed by atoms with van der Waals surface area (Å²) in [6, 6.07) is 0. The summed E-state index contributed by atoms with van der Waals surface area (Å²) in [5.41, 5.74) is 0. The van der Waals surface area contributed by atoms with Crippen LogP contribution < -0.4 is 0 Å². The Morgan fingerprint density at radius 2 is 0.805 bits per heavy atom. The minimum atomic E-state index is -1.14. The molecule has 0 saturated carbocycles. The summed E-state index contributed by atoms with van der Waals surface area (Å²) in [7, 11) is 0. The number of unbranched alkanes of at least 4 members (excludes halogenated alkanes) is 12. The van der Waals surface area contributed by atoms with E-state index in [4.69, 9.17) is 19.7 Å². The molecule has 9 heteroatoms. The van der Waals surface area contributed by atoms with Crippen molar-refractivity contribution in [2.75, 3.05) is 13.2 Å². The normalized spacial score (nSPS) is 10.4. The van der Waals surface area contributed by atoms with Gasteiger partial charge >= 0.3 is 93.4 Å². The number of hydrogen-bond acceptors (Lipinski definition) is 6. The molecule has 0 heterocycles. The third-order valence-corrected chi connectivity index (χ3v) is 9.66. The molecule has 0 aliphatic carbocycles. The van der Waals surface area contributed by atoms with Gasteiger partial charge in [-0.3, -0.25) is 0 Å². The van der Waals surface area contributed by atoms with Crippen LogP contribution in [0.15, 0.2) is 24.3 Å². The van der Waals surface area contributed by atoms with E-state index in [1.54, 1.807) is 8.87 Å². The van der Waals surface area contributed by atoms with Crippen LogP contribution in [0.3, 0.4) is 0 Å². The van der Waals surface area contributed by atoms with E-state index in [0.717, 1.165) is 62.8 Å². The maximum atomic E-state index is 10.9. The van der Waals surface area contributed by atoms with Crippen molar-refractivity contribution in [3.05, 3.63) is 24.3 Å². The fourth-order valence-corrected chi connectivity index (χ4v) is 7.37. The Morgan fingerprint density at radius 1 is 0.488 bits per heavy atom. The van der Waals surface area contributed by atoms with Crippen molar-refractivity contribution >= 4 is 45.0 Å². The molecule has 0 aromatic rings. The van der Waals surface area contributed by atoms with Crippen LogP contribution in [0.1, 0.15) is 130 Å². The van der Waals surface area contributed by atoms with Crippen molar-refractivity contribution in [3.63, 3.8) is 0 Å². The van der Waals surface area contributed by atoms with Crippen molar-refractivity contribution in [2.45, 2.75) is 139 Å². The average Bonchev–Trinajstić information content (AvgIpc) is 2.94. The molecule has 0 atom stereocenters. The number of esters is 2. The Morgan fingerprint density at radius 3 is 1.12 bits per heavy atom. The molecule has 0 bridgehead atoms. The molecule has 238 valence electrons. The Labute approximate surface area is 259 Å². The fraction of sp³-hybridized carbons (Fsp3) is 0.750. The van der Waals surface area contributed by atoms with Crippen LogP contribution in [0.4, 0.5) is 0 Å². The van der Waals surface area contributed by atoms with Gasteiger partial charge in [-0.2, -0.15) is 0 Å². The van der Waals surface area contributed by atoms with Crippen LogP contribution in [0.5, 0.6) is 0 Å².